The van der Waals surface area contributed by atoms with Crippen LogP contribution in [0.3, 0.4) is 0 Å². The lowest BCUT2D eigenvalue weighted by atomic mass is 10.2. The molecular weight excluding hydrogens is 315 g/mol. The van der Waals surface area contributed by atoms with E-state index in [-0.39, 0.29) is 5.82 Å². The molecule has 3 nitrogen and oxygen atoms in total. The first-order chi connectivity index (χ1) is 7.63. The number of aldehydes is 1. The lowest BCUT2D eigenvalue weighted by Crippen LogP contribution is -1.83. The van der Waals surface area contributed by atoms with Crippen LogP contribution in [0.15, 0.2) is 22.8 Å². The molecule has 16 heavy (non-hydrogen) atoms. The minimum absolute atomic E-state index is 0.234. The lowest BCUT2D eigenvalue weighted by molar-refractivity contribution is 0.111. The van der Waals surface area contributed by atoms with E-state index in [1.54, 1.807) is 18.2 Å². The Hall–Kier alpha value is -0.840. The predicted molar refractivity (Wildman–Crippen MR) is 67.1 cm³/mol. The Morgan fingerprint density at radius 1 is 1.38 bits per heavy atom. The van der Waals surface area contributed by atoms with Gasteiger partial charge in [0.2, 0.25) is 0 Å². The maximum Gasteiger partial charge on any atom is 0.185 e. The van der Waals surface area contributed by atoms with E-state index < -0.39 is 0 Å². The number of benzene rings is 1. The van der Waals surface area contributed by atoms with Gasteiger partial charge in [0.1, 0.15) is 10.3 Å². The number of nitrogens with zero attached hydrogens (tertiary/aromatic N) is 1. The molecule has 0 saturated heterocycles. The Kier molecular flexibility index (Phi) is 3.33. The maximum atomic E-state index is 10.6. The van der Waals surface area contributed by atoms with Gasteiger partial charge in [-0.25, -0.2) is 4.98 Å². The number of rotatable bonds is 2. The molecule has 0 aliphatic rings. The van der Waals surface area contributed by atoms with Crippen LogP contribution in [-0.4, -0.2) is 16.3 Å². The van der Waals surface area contributed by atoms with Gasteiger partial charge < -0.3 is 4.98 Å². The highest BCUT2D eigenvalue weighted by atomic mass is 79.9. The fraction of sp³-hybridized carbons (Fsp3) is 0. The molecule has 0 aliphatic heterocycles. The van der Waals surface area contributed by atoms with Gasteiger partial charge in [-0.05, 0) is 22.0 Å². The van der Waals surface area contributed by atoms with Crippen molar-refractivity contribution < 1.29 is 4.79 Å². The van der Waals surface area contributed by atoms with Crippen LogP contribution in [0.1, 0.15) is 10.6 Å². The average Bonchev–Trinajstić information content (AvgIpc) is 2.64. The molecule has 0 bridgehead atoms. The van der Waals surface area contributed by atoms with Crippen molar-refractivity contribution in [2.45, 2.75) is 0 Å². The first kappa shape index (κ1) is 11.6. The minimum atomic E-state index is 0.234. The topological polar surface area (TPSA) is 45.8 Å². The summed E-state index contributed by atoms with van der Waals surface area (Å²) in [5, 5.41) is 0.857. The SMILES string of the molecule is O=Cc1nc(-c2cccc(Cl)c2Cl)c(Br)[nH]1. The number of nitrogens with one attached hydrogen (secondary N) is 1. The van der Waals surface area contributed by atoms with Gasteiger partial charge >= 0.3 is 0 Å². The van der Waals surface area contributed by atoms with E-state index in [9.17, 15) is 4.79 Å². The molecule has 0 aliphatic carbocycles. The van der Waals surface area contributed by atoms with Gasteiger partial charge in [0.15, 0.2) is 12.1 Å². The van der Waals surface area contributed by atoms with Gasteiger partial charge in [0, 0.05) is 5.56 Å². The third kappa shape index (κ3) is 2.00. The standard InChI is InChI=1S/C10H5BrCl2N2O/c11-10-9(14-7(4-16)15-10)5-2-1-3-6(12)8(5)13/h1-4H,(H,14,15). The first-order valence-electron chi connectivity index (χ1n) is 4.28. The maximum absolute atomic E-state index is 10.6. The summed E-state index contributed by atoms with van der Waals surface area (Å²) in [5.41, 5.74) is 1.24. The van der Waals surface area contributed by atoms with Crippen molar-refractivity contribution in [2.75, 3.05) is 0 Å². The molecule has 0 fully saturated rings. The Morgan fingerprint density at radius 2 is 2.12 bits per heavy atom. The van der Waals surface area contributed by atoms with Gasteiger partial charge in [0.25, 0.3) is 0 Å². The second-order valence-corrected chi connectivity index (χ2v) is 4.58. The normalized spacial score (nSPS) is 10.4. The Balaban J connectivity index is 2.62. The number of aromatic nitrogens is 2. The zero-order valence-corrected chi connectivity index (χ0v) is 10.9. The van der Waals surface area contributed by atoms with Crippen LogP contribution in [0.25, 0.3) is 11.3 Å². The van der Waals surface area contributed by atoms with Crippen LogP contribution in [0.5, 0.6) is 0 Å². The fourth-order valence-electron chi connectivity index (χ4n) is 1.29. The van der Waals surface area contributed by atoms with Crippen LogP contribution in [0, 0.1) is 0 Å². The predicted octanol–water partition coefficient (Wildman–Crippen LogP) is 3.96. The summed E-state index contributed by atoms with van der Waals surface area (Å²) < 4.78 is 0.596. The molecule has 1 N–H and O–H groups in total. The molecular formula is C10H5BrCl2N2O. The summed E-state index contributed by atoms with van der Waals surface area (Å²) in [6.45, 7) is 0. The molecule has 2 aromatic rings. The number of aromatic amines is 1. The monoisotopic (exact) mass is 318 g/mol. The third-order valence-electron chi connectivity index (χ3n) is 2.00. The number of carbonyl (C=O) groups is 1. The molecule has 1 aromatic heterocycles. The summed E-state index contributed by atoms with van der Waals surface area (Å²) in [6.07, 6.45) is 0.632. The number of halogens is 3. The Labute approximate surface area is 110 Å². The smallest absolute Gasteiger partial charge is 0.185 e. The summed E-state index contributed by atoms with van der Waals surface area (Å²) in [6, 6.07) is 5.24. The van der Waals surface area contributed by atoms with Crippen molar-refractivity contribution in [2.24, 2.45) is 0 Å². The molecule has 0 unspecified atom stereocenters. The molecule has 1 heterocycles. The largest absolute Gasteiger partial charge is 0.330 e. The molecule has 0 spiro atoms. The van der Waals surface area contributed by atoms with Gasteiger partial charge in [0.05, 0.1) is 10.0 Å². The van der Waals surface area contributed by atoms with Crippen molar-refractivity contribution >= 4 is 45.4 Å². The minimum Gasteiger partial charge on any atom is -0.330 e. The van der Waals surface area contributed by atoms with Gasteiger partial charge in [-0.3, -0.25) is 4.79 Å². The Bertz CT molecular complexity index is 554. The number of H-pyrrole nitrogens is 1. The van der Waals surface area contributed by atoms with Crippen molar-refractivity contribution in [3.05, 3.63) is 38.7 Å². The zero-order chi connectivity index (χ0) is 11.7. The average molecular weight is 320 g/mol. The van der Waals surface area contributed by atoms with Crippen LogP contribution in [0.2, 0.25) is 10.0 Å². The van der Waals surface area contributed by atoms with E-state index in [4.69, 9.17) is 23.2 Å². The molecule has 0 atom stereocenters. The number of imidazole rings is 1. The van der Waals surface area contributed by atoms with Crippen molar-refractivity contribution in [1.82, 2.24) is 9.97 Å². The highest BCUT2D eigenvalue weighted by Crippen LogP contribution is 2.35. The van der Waals surface area contributed by atoms with Gasteiger partial charge in [-0.2, -0.15) is 0 Å². The van der Waals surface area contributed by atoms with Crippen molar-refractivity contribution in [3.63, 3.8) is 0 Å². The van der Waals surface area contributed by atoms with Gasteiger partial charge in [-0.1, -0.05) is 35.3 Å². The highest BCUT2D eigenvalue weighted by molar-refractivity contribution is 9.10. The second-order valence-electron chi connectivity index (χ2n) is 3.00. The molecule has 0 radical (unpaired) electrons. The van der Waals surface area contributed by atoms with E-state index >= 15 is 0 Å². The molecule has 1 aromatic carbocycles. The highest BCUT2D eigenvalue weighted by Gasteiger charge is 2.14. The zero-order valence-electron chi connectivity index (χ0n) is 7.80. The van der Waals surface area contributed by atoms with E-state index in [1.165, 1.54) is 0 Å². The number of hydrogen-bond donors (Lipinski definition) is 1. The third-order valence-corrected chi connectivity index (χ3v) is 3.39. The fourth-order valence-corrected chi connectivity index (χ4v) is 2.19. The quantitative estimate of drug-likeness (QED) is 0.852. The summed E-state index contributed by atoms with van der Waals surface area (Å²) in [7, 11) is 0. The van der Waals surface area contributed by atoms with E-state index in [1.807, 2.05) is 0 Å². The van der Waals surface area contributed by atoms with E-state index in [0.717, 1.165) is 0 Å². The van der Waals surface area contributed by atoms with Crippen LogP contribution in [-0.2, 0) is 0 Å². The first-order valence-corrected chi connectivity index (χ1v) is 5.83. The van der Waals surface area contributed by atoms with E-state index in [2.05, 4.69) is 25.9 Å². The van der Waals surface area contributed by atoms with Crippen LogP contribution >= 0.6 is 39.1 Å². The number of hydrogen-bond acceptors (Lipinski definition) is 2. The molecule has 82 valence electrons. The Morgan fingerprint density at radius 3 is 2.75 bits per heavy atom. The molecule has 6 heteroatoms. The summed E-state index contributed by atoms with van der Waals surface area (Å²) >= 11 is 15.2. The van der Waals surface area contributed by atoms with Crippen LogP contribution < -0.4 is 0 Å². The summed E-state index contributed by atoms with van der Waals surface area (Å²) in [5.74, 6) is 0.234. The molecule has 2 rings (SSSR count). The van der Waals surface area contributed by atoms with Crippen molar-refractivity contribution in [1.29, 1.82) is 0 Å². The van der Waals surface area contributed by atoms with Crippen LogP contribution in [0.4, 0.5) is 0 Å². The molecule has 0 amide bonds. The summed E-state index contributed by atoms with van der Waals surface area (Å²) in [4.78, 5) is 17.4. The van der Waals surface area contributed by atoms with Crippen molar-refractivity contribution in [3.8, 4) is 11.3 Å². The van der Waals surface area contributed by atoms with Gasteiger partial charge in [-0.15, -0.1) is 0 Å². The van der Waals surface area contributed by atoms with E-state index in [0.29, 0.717) is 32.2 Å². The molecule has 0 saturated carbocycles. The second kappa shape index (κ2) is 4.57. The number of carbonyl (C=O) groups excluding carboxylic acids is 1. The lowest BCUT2D eigenvalue weighted by Gasteiger charge is -2.02.